The van der Waals surface area contributed by atoms with Crippen LogP contribution in [0.5, 0.6) is 5.75 Å². The monoisotopic (exact) mass is 206 g/mol. The molecule has 2 rings (SSSR count). The van der Waals surface area contributed by atoms with Crippen LogP contribution in [0.25, 0.3) is 0 Å². The molecule has 1 heterocycles. The summed E-state index contributed by atoms with van der Waals surface area (Å²) in [5, 5.41) is 12.9. The van der Waals surface area contributed by atoms with Crippen LogP contribution in [0.3, 0.4) is 0 Å². The van der Waals surface area contributed by atoms with E-state index in [9.17, 15) is 14.7 Å². The molecule has 1 aromatic rings. The van der Waals surface area contributed by atoms with Crippen LogP contribution in [-0.2, 0) is 9.59 Å². The summed E-state index contributed by atoms with van der Waals surface area (Å²) in [5.41, 5.74) is 0.553. The summed E-state index contributed by atoms with van der Waals surface area (Å²) in [6.45, 7) is 0. The van der Waals surface area contributed by atoms with Crippen LogP contribution < -0.4 is 15.2 Å². The highest BCUT2D eigenvalue weighted by Crippen LogP contribution is 2.29. The average Bonchev–Trinajstić information content (AvgIpc) is 2.18. The predicted octanol–water partition coefficient (Wildman–Crippen LogP) is -0.474. The van der Waals surface area contributed by atoms with Crippen LogP contribution >= 0.6 is 0 Å². The summed E-state index contributed by atoms with van der Waals surface area (Å²) in [4.78, 5) is 21.7. The summed E-state index contributed by atoms with van der Waals surface area (Å²) in [6, 6.07) is 6.84. The van der Waals surface area contributed by atoms with Crippen molar-refractivity contribution in [3.63, 3.8) is 0 Å². The SMILES string of the molecule is O=C([O-])C[C@H]1Oc2ccccc2NC1=O. The smallest absolute Gasteiger partial charge is 0.265 e. The topological polar surface area (TPSA) is 78.5 Å². The van der Waals surface area contributed by atoms with E-state index < -0.39 is 24.4 Å². The maximum Gasteiger partial charge on any atom is 0.265 e. The number of aliphatic carboxylic acids is 1. The summed E-state index contributed by atoms with van der Waals surface area (Å²) in [6.07, 6.45) is -1.45. The number of ether oxygens (including phenoxy) is 1. The minimum Gasteiger partial charge on any atom is -0.550 e. The molecule has 0 radical (unpaired) electrons. The van der Waals surface area contributed by atoms with Crippen molar-refractivity contribution >= 4 is 17.6 Å². The van der Waals surface area contributed by atoms with Crippen molar-refractivity contribution < 1.29 is 19.4 Å². The molecule has 5 heteroatoms. The van der Waals surface area contributed by atoms with Gasteiger partial charge in [0.1, 0.15) is 5.75 Å². The van der Waals surface area contributed by atoms with Gasteiger partial charge in [-0.1, -0.05) is 12.1 Å². The number of amides is 1. The van der Waals surface area contributed by atoms with E-state index in [2.05, 4.69) is 5.32 Å². The molecule has 0 aromatic heterocycles. The van der Waals surface area contributed by atoms with Crippen LogP contribution in [0.2, 0.25) is 0 Å². The number of benzene rings is 1. The standard InChI is InChI=1S/C10H9NO4/c12-9(13)5-8-10(14)11-6-3-1-2-4-7(6)15-8/h1-4,8H,5H2,(H,11,14)(H,12,13)/p-1/t8-/m1/s1. The Balaban J connectivity index is 2.22. The molecule has 0 saturated heterocycles. The number of carboxylic acid groups (broad SMARTS) is 1. The highest BCUT2D eigenvalue weighted by Gasteiger charge is 2.27. The van der Waals surface area contributed by atoms with E-state index in [0.717, 1.165) is 0 Å². The minimum atomic E-state index is -1.31. The summed E-state index contributed by atoms with van der Waals surface area (Å²) >= 11 is 0. The zero-order valence-electron chi connectivity index (χ0n) is 7.73. The number of fused-ring (bicyclic) bond motifs is 1. The first kappa shape index (κ1) is 9.51. The second-order valence-corrected chi connectivity index (χ2v) is 3.17. The van der Waals surface area contributed by atoms with Gasteiger partial charge in [-0.05, 0) is 12.1 Å². The normalized spacial score (nSPS) is 18.7. The Labute approximate surface area is 85.7 Å². The van der Waals surface area contributed by atoms with E-state index >= 15 is 0 Å². The average molecular weight is 206 g/mol. The van der Waals surface area contributed by atoms with Gasteiger partial charge in [-0.25, -0.2) is 0 Å². The summed E-state index contributed by atoms with van der Waals surface area (Å²) in [5.74, 6) is -1.30. The molecule has 0 fully saturated rings. The van der Waals surface area contributed by atoms with Crippen molar-refractivity contribution in [2.45, 2.75) is 12.5 Å². The largest absolute Gasteiger partial charge is 0.550 e. The van der Waals surface area contributed by atoms with Gasteiger partial charge in [0.05, 0.1) is 5.69 Å². The molecule has 1 aliphatic rings. The lowest BCUT2D eigenvalue weighted by molar-refractivity contribution is -0.306. The Morgan fingerprint density at radius 3 is 2.93 bits per heavy atom. The number of hydrogen-bond acceptors (Lipinski definition) is 4. The Hall–Kier alpha value is -2.04. The van der Waals surface area contributed by atoms with Crippen molar-refractivity contribution in [2.24, 2.45) is 0 Å². The van der Waals surface area contributed by atoms with Crippen molar-refractivity contribution in [1.82, 2.24) is 0 Å². The van der Waals surface area contributed by atoms with Crippen molar-refractivity contribution in [3.8, 4) is 5.75 Å². The molecule has 0 unspecified atom stereocenters. The van der Waals surface area contributed by atoms with E-state index in [1.807, 2.05) is 0 Å². The molecule has 1 aliphatic heterocycles. The number of anilines is 1. The number of nitrogens with one attached hydrogen (secondary N) is 1. The van der Waals surface area contributed by atoms with Gasteiger partial charge in [-0.15, -0.1) is 0 Å². The molecule has 1 aromatic carbocycles. The minimum absolute atomic E-state index is 0.444. The van der Waals surface area contributed by atoms with Gasteiger partial charge in [0.2, 0.25) is 0 Å². The van der Waals surface area contributed by atoms with E-state index in [1.165, 1.54) is 0 Å². The van der Waals surface area contributed by atoms with E-state index in [1.54, 1.807) is 24.3 Å². The first-order valence-electron chi connectivity index (χ1n) is 4.43. The van der Waals surface area contributed by atoms with Crippen LogP contribution in [0.4, 0.5) is 5.69 Å². The fourth-order valence-electron chi connectivity index (χ4n) is 1.38. The molecule has 15 heavy (non-hydrogen) atoms. The molecule has 78 valence electrons. The third-order valence-electron chi connectivity index (χ3n) is 2.06. The number of rotatable bonds is 2. The Kier molecular flexibility index (Phi) is 2.29. The van der Waals surface area contributed by atoms with Crippen molar-refractivity contribution in [2.75, 3.05) is 5.32 Å². The van der Waals surface area contributed by atoms with E-state index in [0.29, 0.717) is 11.4 Å². The zero-order chi connectivity index (χ0) is 10.8. The highest BCUT2D eigenvalue weighted by atomic mass is 16.5. The van der Waals surface area contributed by atoms with Gasteiger partial charge in [0.25, 0.3) is 5.91 Å². The molecular weight excluding hydrogens is 198 g/mol. The Morgan fingerprint density at radius 2 is 2.20 bits per heavy atom. The number of carbonyl (C=O) groups excluding carboxylic acids is 2. The molecule has 0 aliphatic carbocycles. The number of hydrogen-bond donors (Lipinski definition) is 1. The van der Waals surface area contributed by atoms with E-state index in [-0.39, 0.29) is 0 Å². The molecule has 0 bridgehead atoms. The summed E-state index contributed by atoms with van der Waals surface area (Å²) < 4.78 is 5.22. The third kappa shape index (κ3) is 1.90. The van der Waals surface area contributed by atoms with Crippen LogP contribution in [-0.4, -0.2) is 18.0 Å². The molecule has 5 nitrogen and oxygen atoms in total. The molecule has 1 amide bonds. The maximum atomic E-state index is 11.4. The highest BCUT2D eigenvalue weighted by molar-refractivity contribution is 5.99. The number of carboxylic acids is 1. The lowest BCUT2D eigenvalue weighted by Gasteiger charge is -2.25. The maximum absolute atomic E-state index is 11.4. The van der Waals surface area contributed by atoms with E-state index in [4.69, 9.17) is 4.74 Å². The number of carbonyl (C=O) groups is 2. The Morgan fingerprint density at radius 1 is 1.47 bits per heavy atom. The summed E-state index contributed by atoms with van der Waals surface area (Å²) in [7, 11) is 0. The zero-order valence-corrected chi connectivity index (χ0v) is 7.73. The van der Waals surface area contributed by atoms with Gasteiger partial charge < -0.3 is 20.0 Å². The lowest BCUT2D eigenvalue weighted by atomic mass is 10.2. The van der Waals surface area contributed by atoms with Gasteiger partial charge in [-0.3, -0.25) is 4.79 Å². The first-order chi connectivity index (χ1) is 7.16. The predicted molar refractivity (Wildman–Crippen MR) is 49.1 cm³/mol. The molecule has 0 saturated carbocycles. The van der Waals surface area contributed by atoms with Crippen LogP contribution in [0.15, 0.2) is 24.3 Å². The molecule has 1 atom stereocenters. The lowest BCUT2D eigenvalue weighted by Crippen LogP contribution is -2.41. The molecular formula is C10H8NO4-. The van der Waals surface area contributed by atoms with Gasteiger partial charge in [0, 0.05) is 12.4 Å². The van der Waals surface area contributed by atoms with Crippen LogP contribution in [0.1, 0.15) is 6.42 Å². The fourth-order valence-corrected chi connectivity index (χ4v) is 1.38. The fraction of sp³-hybridized carbons (Fsp3) is 0.200. The van der Waals surface area contributed by atoms with Crippen LogP contribution in [0, 0.1) is 0 Å². The van der Waals surface area contributed by atoms with Crippen molar-refractivity contribution in [3.05, 3.63) is 24.3 Å². The third-order valence-corrected chi connectivity index (χ3v) is 2.06. The van der Waals surface area contributed by atoms with Crippen molar-refractivity contribution in [1.29, 1.82) is 0 Å². The van der Waals surface area contributed by atoms with Gasteiger partial charge in [0.15, 0.2) is 6.10 Å². The number of para-hydroxylation sites is 2. The quantitative estimate of drug-likeness (QED) is 0.709. The first-order valence-corrected chi connectivity index (χ1v) is 4.43. The molecule has 0 spiro atoms. The second kappa shape index (κ2) is 3.61. The van der Waals surface area contributed by atoms with Gasteiger partial charge >= 0.3 is 0 Å². The van der Waals surface area contributed by atoms with Gasteiger partial charge in [-0.2, -0.15) is 0 Å². The Bertz CT molecular complexity index is 416. The second-order valence-electron chi connectivity index (χ2n) is 3.17. The molecule has 1 N–H and O–H groups in total.